The molecule has 0 aromatic carbocycles. The third-order valence-electron chi connectivity index (χ3n) is 1.24. The molecule has 1 atom stereocenters. The summed E-state index contributed by atoms with van der Waals surface area (Å²) in [4.78, 5) is 0. The molecule has 8 heavy (non-hydrogen) atoms. The monoisotopic (exact) mass is 114 g/mol. The van der Waals surface area contributed by atoms with Gasteiger partial charge in [-0.2, -0.15) is 0 Å². The average Bonchev–Trinajstić information content (AvgIpc) is 1.67. The zero-order valence-corrected chi connectivity index (χ0v) is 5.81. The first kappa shape index (κ1) is 7.70. The summed E-state index contributed by atoms with van der Waals surface area (Å²) < 4.78 is 0. The molecule has 0 aliphatic carbocycles. The van der Waals surface area contributed by atoms with E-state index in [4.69, 9.17) is 0 Å². The molecule has 0 aliphatic rings. The molecule has 0 aliphatic heterocycles. The summed E-state index contributed by atoms with van der Waals surface area (Å²) in [5, 5.41) is 9.24. The molecule has 0 heterocycles. The summed E-state index contributed by atoms with van der Waals surface area (Å²) in [6.45, 7) is 5.66. The Morgan fingerprint density at radius 2 is 2.12 bits per heavy atom. The maximum absolute atomic E-state index is 9.24. The van der Waals surface area contributed by atoms with E-state index >= 15 is 0 Å². The largest absolute Gasteiger partial charge is 0.386 e. The predicted molar refractivity (Wildman–Crippen MR) is 35.7 cm³/mol. The van der Waals surface area contributed by atoms with Crippen molar-refractivity contribution in [3.8, 4) is 0 Å². The fourth-order valence-electron chi connectivity index (χ4n) is 0.477. The molecule has 0 rings (SSSR count). The summed E-state index contributed by atoms with van der Waals surface area (Å²) in [5.74, 6) is 0. The highest BCUT2D eigenvalue weighted by atomic mass is 16.3. The van der Waals surface area contributed by atoms with E-state index in [1.807, 2.05) is 19.9 Å². The van der Waals surface area contributed by atoms with Crippen molar-refractivity contribution in [1.29, 1.82) is 0 Å². The van der Waals surface area contributed by atoms with Crippen LogP contribution >= 0.6 is 0 Å². The SMILES string of the molecule is C/C=C\C(C)(O)CC. The third-order valence-corrected chi connectivity index (χ3v) is 1.24. The molecule has 0 spiro atoms. The Labute approximate surface area is 51.0 Å². The quantitative estimate of drug-likeness (QED) is 0.542. The Kier molecular flexibility index (Phi) is 2.77. The van der Waals surface area contributed by atoms with Crippen LogP contribution in [-0.2, 0) is 0 Å². The van der Waals surface area contributed by atoms with E-state index < -0.39 is 5.60 Å². The van der Waals surface area contributed by atoms with Gasteiger partial charge >= 0.3 is 0 Å². The highest BCUT2D eigenvalue weighted by Crippen LogP contribution is 2.08. The molecule has 0 bridgehead atoms. The minimum atomic E-state index is -0.589. The van der Waals surface area contributed by atoms with Gasteiger partial charge in [-0.3, -0.25) is 0 Å². The highest BCUT2D eigenvalue weighted by Gasteiger charge is 2.10. The summed E-state index contributed by atoms with van der Waals surface area (Å²) in [7, 11) is 0. The summed E-state index contributed by atoms with van der Waals surface area (Å²) >= 11 is 0. The van der Waals surface area contributed by atoms with E-state index in [1.54, 1.807) is 13.0 Å². The van der Waals surface area contributed by atoms with E-state index in [-0.39, 0.29) is 0 Å². The van der Waals surface area contributed by atoms with E-state index in [2.05, 4.69) is 0 Å². The predicted octanol–water partition coefficient (Wildman–Crippen LogP) is 1.72. The van der Waals surface area contributed by atoms with Crippen molar-refractivity contribution in [3.05, 3.63) is 12.2 Å². The molecular weight excluding hydrogens is 100 g/mol. The van der Waals surface area contributed by atoms with Gasteiger partial charge < -0.3 is 5.11 Å². The van der Waals surface area contributed by atoms with E-state index in [1.165, 1.54) is 0 Å². The van der Waals surface area contributed by atoms with Gasteiger partial charge in [0.05, 0.1) is 5.60 Å². The van der Waals surface area contributed by atoms with Crippen molar-refractivity contribution < 1.29 is 5.11 Å². The minimum Gasteiger partial charge on any atom is -0.386 e. The van der Waals surface area contributed by atoms with Crippen molar-refractivity contribution in [2.24, 2.45) is 0 Å². The van der Waals surface area contributed by atoms with Crippen molar-refractivity contribution in [3.63, 3.8) is 0 Å². The lowest BCUT2D eigenvalue weighted by Gasteiger charge is -2.14. The third kappa shape index (κ3) is 2.80. The van der Waals surface area contributed by atoms with E-state index in [9.17, 15) is 5.11 Å². The van der Waals surface area contributed by atoms with Crippen LogP contribution in [0.3, 0.4) is 0 Å². The van der Waals surface area contributed by atoms with Crippen LogP contribution in [0.1, 0.15) is 27.2 Å². The van der Waals surface area contributed by atoms with Gasteiger partial charge in [0.15, 0.2) is 0 Å². The Morgan fingerprint density at radius 3 is 2.25 bits per heavy atom. The van der Waals surface area contributed by atoms with Gasteiger partial charge in [0.1, 0.15) is 0 Å². The second-order valence-electron chi connectivity index (χ2n) is 2.21. The summed E-state index contributed by atoms with van der Waals surface area (Å²) in [6.07, 6.45) is 4.44. The molecular formula is C7H14O. The molecule has 0 amide bonds. The lowest BCUT2D eigenvalue weighted by Crippen LogP contribution is -2.18. The first-order chi connectivity index (χ1) is 3.62. The molecule has 0 saturated heterocycles. The maximum Gasteiger partial charge on any atom is 0.0796 e. The molecule has 1 N–H and O–H groups in total. The van der Waals surface area contributed by atoms with E-state index in [0.29, 0.717) is 0 Å². The van der Waals surface area contributed by atoms with Crippen LogP contribution in [0.4, 0.5) is 0 Å². The molecule has 0 saturated carbocycles. The topological polar surface area (TPSA) is 20.2 Å². The fraction of sp³-hybridized carbons (Fsp3) is 0.714. The molecule has 1 heteroatoms. The van der Waals surface area contributed by atoms with Crippen molar-refractivity contribution in [2.75, 3.05) is 0 Å². The van der Waals surface area contributed by atoms with Crippen LogP contribution in [0, 0.1) is 0 Å². The summed E-state index contributed by atoms with van der Waals surface area (Å²) in [6, 6.07) is 0. The molecule has 1 unspecified atom stereocenters. The first-order valence-corrected chi connectivity index (χ1v) is 2.98. The van der Waals surface area contributed by atoms with Gasteiger partial charge in [-0.25, -0.2) is 0 Å². The number of rotatable bonds is 2. The number of allylic oxidation sites excluding steroid dienone is 1. The molecule has 0 aromatic rings. The van der Waals surface area contributed by atoms with Crippen molar-refractivity contribution in [1.82, 2.24) is 0 Å². The van der Waals surface area contributed by atoms with Gasteiger partial charge in [-0.05, 0) is 20.3 Å². The second kappa shape index (κ2) is 2.88. The van der Waals surface area contributed by atoms with E-state index in [0.717, 1.165) is 6.42 Å². The van der Waals surface area contributed by atoms with Gasteiger partial charge in [-0.15, -0.1) is 0 Å². The van der Waals surface area contributed by atoms with Crippen LogP contribution < -0.4 is 0 Å². The van der Waals surface area contributed by atoms with Crippen LogP contribution in [0.15, 0.2) is 12.2 Å². The van der Waals surface area contributed by atoms with Gasteiger partial charge in [0.2, 0.25) is 0 Å². The Hall–Kier alpha value is -0.300. The van der Waals surface area contributed by atoms with Crippen LogP contribution in [0.5, 0.6) is 0 Å². The van der Waals surface area contributed by atoms with Crippen LogP contribution in [-0.4, -0.2) is 10.7 Å². The average molecular weight is 114 g/mol. The van der Waals surface area contributed by atoms with Crippen molar-refractivity contribution >= 4 is 0 Å². The fourth-order valence-corrected chi connectivity index (χ4v) is 0.477. The maximum atomic E-state index is 9.24. The zero-order valence-electron chi connectivity index (χ0n) is 5.81. The molecule has 0 aromatic heterocycles. The Balaban J connectivity index is 3.71. The smallest absolute Gasteiger partial charge is 0.0796 e. The first-order valence-electron chi connectivity index (χ1n) is 2.98. The number of hydrogen-bond acceptors (Lipinski definition) is 1. The van der Waals surface area contributed by atoms with Crippen molar-refractivity contribution in [2.45, 2.75) is 32.8 Å². The zero-order chi connectivity index (χ0) is 6.62. The van der Waals surface area contributed by atoms with Crippen LogP contribution in [0.25, 0.3) is 0 Å². The normalized spacial score (nSPS) is 19.0. The van der Waals surface area contributed by atoms with Crippen LogP contribution in [0.2, 0.25) is 0 Å². The minimum absolute atomic E-state index is 0.589. The van der Waals surface area contributed by atoms with Gasteiger partial charge in [-0.1, -0.05) is 19.1 Å². The molecule has 0 fully saturated rings. The lowest BCUT2D eigenvalue weighted by atomic mass is 10.0. The second-order valence-corrected chi connectivity index (χ2v) is 2.21. The van der Waals surface area contributed by atoms with Gasteiger partial charge in [0, 0.05) is 0 Å². The molecule has 1 nitrogen and oxygen atoms in total. The summed E-state index contributed by atoms with van der Waals surface area (Å²) in [5.41, 5.74) is -0.589. The highest BCUT2D eigenvalue weighted by molar-refractivity contribution is 4.95. The van der Waals surface area contributed by atoms with Gasteiger partial charge in [0.25, 0.3) is 0 Å². The Bertz CT molecular complexity index is 82.4. The lowest BCUT2D eigenvalue weighted by molar-refractivity contribution is 0.107. The Morgan fingerprint density at radius 1 is 1.62 bits per heavy atom. The number of aliphatic hydroxyl groups is 1. The standard InChI is InChI=1S/C7H14O/c1-4-6-7(3,8)5-2/h4,6,8H,5H2,1-3H3/b6-4-. The number of hydrogen-bond donors (Lipinski definition) is 1. The molecule has 0 radical (unpaired) electrons. The molecule has 48 valence electrons.